The molecule has 0 unspecified atom stereocenters. The van der Waals surface area contributed by atoms with Gasteiger partial charge in [0, 0.05) is 17.6 Å². The van der Waals surface area contributed by atoms with E-state index in [9.17, 15) is 15.0 Å². The maximum absolute atomic E-state index is 11.3. The van der Waals surface area contributed by atoms with Crippen molar-refractivity contribution in [2.75, 3.05) is 6.54 Å². The zero-order chi connectivity index (χ0) is 21.1. The van der Waals surface area contributed by atoms with E-state index in [4.69, 9.17) is 11.6 Å². The predicted molar refractivity (Wildman–Crippen MR) is 126 cm³/mol. The zero-order valence-corrected chi connectivity index (χ0v) is 18.5. The number of aliphatic hydroxyl groups excluding tert-OH is 1. The van der Waals surface area contributed by atoms with E-state index in [2.05, 4.69) is 23.5 Å². The Hall–Kier alpha value is -2.37. The molecule has 1 aliphatic rings. The van der Waals surface area contributed by atoms with E-state index in [1.807, 2.05) is 18.2 Å². The van der Waals surface area contributed by atoms with Crippen LogP contribution in [0.5, 0.6) is 0 Å². The van der Waals surface area contributed by atoms with Crippen molar-refractivity contribution in [2.24, 2.45) is 0 Å². The molecule has 0 heterocycles. The number of carboxylic acids is 1. The van der Waals surface area contributed by atoms with Gasteiger partial charge in [0.1, 0.15) is 0 Å². The molecule has 1 aliphatic carbocycles. The summed E-state index contributed by atoms with van der Waals surface area (Å²) in [7, 11) is 0. The first-order valence-electron chi connectivity index (χ1n) is 10.1. The van der Waals surface area contributed by atoms with Gasteiger partial charge in [0.15, 0.2) is 0 Å². The van der Waals surface area contributed by atoms with E-state index in [1.54, 1.807) is 30.3 Å². The van der Waals surface area contributed by atoms with Crippen LogP contribution < -0.4 is 5.32 Å². The van der Waals surface area contributed by atoms with Gasteiger partial charge in [-0.15, -0.1) is 12.4 Å². The molecular formula is C25H25Cl2NO3. The number of carbonyl (C=O) groups is 1. The highest BCUT2D eigenvalue weighted by Crippen LogP contribution is 2.28. The third-order valence-electron chi connectivity index (χ3n) is 5.73. The molecule has 6 heteroatoms. The molecule has 31 heavy (non-hydrogen) atoms. The normalized spacial score (nSPS) is 16.1. The van der Waals surface area contributed by atoms with Crippen molar-refractivity contribution in [3.63, 3.8) is 0 Å². The third kappa shape index (κ3) is 5.66. The van der Waals surface area contributed by atoms with Crippen LogP contribution in [-0.2, 0) is 12.8 Å². The second-order valence-corrected chi connectivity index (χ2v) is 8.22. The van der Waals surface area contributed by atoms with Gasteiger partial charge in [0.25, 0.3) is 0 Å². The van der Waals surface area contributed by atoms with Crippen molar-refractivity contribution in [1.29, 1.82) is 0 Å². The number of hydrogen-bond acceptors (Lipinski definition) is 3. The number of halogens is 2. The third-order valence-corrected chi connectivity index (χ3v) is 5.98. The van der Waals surface area contributed by atoms with Gasteiger partial charge in [-0.1, -0.05) is 54.1 Å². The minimum absolute atomic E-state index is 0. The molecule has 162 valence electrons. The average Bonchev–Trinajstić information content (AvgIpc) is 2.77. The Morgan fingerprint density at radius 2 is 1.77 bits per heavy atom. The number of benzene rings is 3. The molecule has 0 radical (unpaired) electrons. The smallest absolute Gasteiger partial charge is 0.335 e. The molecule has 4 nitrogen and oxygen atoms in total. The number of aliphatic hydroxyl groups is 1. The molecule has 0 aromatic heterocycles. The molecule has 0 spiro atoms. The zero-order valence-electron chi connectivity index (χ0n) is 16.9. The summed E-state index contributed by atoms with van der Waals surface area (Å²) in [4.78, 5) is 11.3. The Kier molecular flexibility index (Phi) is 7.74. The molecule has 0 bridgehead atoms. The lowest BCUT2D eigenvalue weighted by Crippen LogP contribution is -2.37. The standard InChI is InChI=1S/C25H24ClNO3.ClH/c26-22-9-6-17(7-10-22)24(28)15-27-23-11-8-16-4-5-19(13-21(16)14-23)18-2-1-3-20(12-18)25(29)30;/h1-7,9-10,12-13,23-24,27-28H,8,11,14-15H2,(H,29,30);1H/t23-,24-;/m0./s1. The van der Waals surface area contributed by atoms with E-state index < -0.39 is 12.1 Å². The van der Waals surface area contributed by atoms with Crippen LogP contribution in [0.15, 0.2) is 66.7 Å². The molecule has 0 saturated heterocycles. The Morgan fingerprint density at radius 1 is 1.03 bits per heavy atom. The van der Waals surface area contributed by atoms with Crippen molar-refractivity contribution >= 4 is 30.0 Å². The van der Waals surface area contributed by atoms with Crippen LogP contribution in [0, 0.1) is 0 Å². The lowest BCUT2D eigenvalue weighted by molar-refractivity contribution is 0.0697. The highest BCUT2D eigenvalue weighted by Gasteiger charge is 2.20. The van der Waals surface area contributed by atoms with Gasteiger partial charge in [0.2, 0.25) is 0 Å². The van der Waals surface area contributed by atoms with Gasteiger partial charge in [-0.3, -0.25) is 0 Å². The molecule has 0 saturated carbocycles. The van der Waals surface area contributed by atoms with Crippen LogP contribution in [0.3, 0.4) is 0 Å². The van der Waals surface area contributed by atoms with Crippen LogP contribution in [0.2, 0.25) is 5.02 Å². The fourth-order valence-corrected chi connectivity index (χ4v) is 4.15. The number of hydrogen-bond donors (Lipinski definition) is 3. The first-order valence-corrected chi connectivity index (χ1v) is 10.5. The monoisotopic (exact) mass is 457 g/mol. The van der Waals surface area contributed by atoms with E-state index in [0.29, 0.717) is 23.2 Å². The largest absolute Gasteiger partial charge is 0.478 e. The van der Waals surface area contributed by atoms with Crippen LogP contribution in [0.1, 0.15) is 39.6 Å². The summed E-state index contributed by atoms with van der Waals surface area (Å²) in [6.45, 7) is 0.488. The number of nitrogens with one attached hydrogen (secondary N) is 1. The summed E-state index contributed by atoms with van der Waals surface area (Å²) in [6.07, 6.45) is 2.32. The Labute approximate surface area is 193 Å². The fourth-order valence-electron chi connectivity index (χ4n) is 4.02. The van der Waals surface area contributed by atoms with E-state index in [0.717, 1.165) is 36.0 Å². The topological polar surface area (TPSA) is 69.6 Å². The second-order valence-electron chi connectivity index (χ2n) is 7.78. The number of rotatable bonds is 6. The van der Waals surface area contributed by atoms with E-state index >= 15 is 0 Å². The van der Waals surface area contributed by atoms with Crippen molar-refractivity contribution in [2.45, 2.75) is 31.4 Å². The van der Waals surface area contributed by atoms with Gasteiger partial charge >= 0.3 is 5.97 Å². The summed E-state index contributed by atoms with van der Waals surface area (Å²) >= 11 is 5.92. The van der Waals surface area contributed by atoms with Crippen molar-refractivity contribution in [1.82, 2.24) is 5.32 Å². The van der Waals surface area contributed by atoms with Gasteiger partial charge in [-0.2, -0.15) is 0 Å². The predicted octanol–water partition coefficient (Wildman–Crippen LogP) is 5.31. The molecule has 0 fully saturated rings. The second kappa shape index (κ2) is 10.3. The molecule has 0 aliphatic heterocycles. The summed E-state index contributed by atoms with van der Waals surface area (Å²) < 4.78 is 0. The minimum atomic E-state index is -0.918. The summed E-state index contributed by atoms with van der Waals surface area (Å²) in [5, 5.41) is 23.9. The summed E-state index contributed by atoms with van der Waals surface area (Å²) in [6, 6.07) is 21.0. The van der Waals surface area contributed by atoms with Gasteiger partial charge in [0.05, 0.1) is 11.7 Å². The van der Waals surface area contributed by atoms with Crippen LogP contribution >= 0.6 is 24.0 Å². The van der Waals surface area contributed by atoms with Gasteiger partial charge < -0.3 is 15.5 Å². The SMILES string of the molecule is Cl.O=C(O)c1cccc(-c2ccc3c(c2)C[C@@H](NC[C@H](O)c2ccc(Cl)cc2)CC3)c1. The number of fused-ring (bicyclic) bond motifs is 1. The summed E-state index contributed by atoms with van der Waals surface area (Å²) in [5.41, 5.74) is 5.69. The maximum Gasteiger partial charge on any atom is 0.335 e. The maximum atomic E-state index is 11.3. The average molecular weight is 458 g/mol. The molecular weight excluding hydrogens is 433 g/mol. The van der Waals surface area contributed by atoms with Crippen molar-refractivity contribution in [3.8, 4) is 11.1 Å². The molecule has 2 atom stereocenters. The van der Waals surface area contributed by atoms with Gasteiger partial charge in [-0.25, -0.2) is 4.79 Å². The number of aromatic carboxylic acids is 1. The molecule has 3 aromatic rings. The van der Waals surface area contributed by atoms with Crippen molar-refractivity contribution < 1.29 is 15.0 Å². The van der Waals surface area contributed by atoms with E-state index in [-0.39, 0.29) is 12.4 Å². The fraction of sp³-hybridized carbons (Fsp3) is 0.240. The highest BCUT2D eigenvalue weighted by atomic mass is 35.5. The molecule has 3 N–H and O–H groups in total. The van der Waals surface area contributed by atoms with Crippen molar-refractivity contribution in [3.05, 3.63) is 94.0 Å². The van der Waals surface area contributed by atoms with E-state index in [1.165, 1.54) is 11.1 Å². The van der Waals surface area contributed by atoms with Gasteiger partial charge in [-0.05, 0) is 71.3 Å². The first-order chi connectivity index (χ1) is 14.5. The Balaban J connectivity index is 0.00000272. The lowest BCUT2D eigenvalue weighted by atomic mass is 9.86. The van der Waals surface area contributed by atoms with Crippen LogP contribution in [0.25, 0.3) is 11.1 Å². The lowest BCUT2D eigenvalue weighted by Gasteiger charge is -2.27. The Morgan fingerprint density at radius 3 is 2.52 bits per heavy atom. The first kappa shape index (κ1) is 23.3. The Bertz CT molecular complexity index is 1050. The van der Waals surface area contributed by atoms with Crippen LogP contribution in [0.4, 0.5) is 0 Å². The molecule has 0 amide bonds. The quantitative estimate of drug-likeness (QED) is 0.469. The number of aryl methyl sites for hydroxylation is 1. The summed E-state index contributed by atoms with van der Waals surface area (Å²) in [5.74, 6) is -0.918. The minimum Gasteiger partial charge on any atom is -0.478 e. The number of carboxylic acid groups (broad SMARTS) is 1. The molecule has 3 aromatic carbocycles. The molecule has 4 rings (SSSR count). The van der Waals surface area contributed by atoms with Crippen LogP contribution in [-0.4, -0.2) is 28.8 Å². The highest BCUT2D eigenvalue weighted by molar-refractivity contribution is 6.30.